The van der Waals surface area contributed by atoms with Gasteiger partial charge in [-0.2, -0.15) is 0 Å². The first-order chi connectivity index (χ1) is 9.07. The minimum Gasteiger partial charge on any atom is -0.274 e. The molecule has 0 spiro atoms. The SMILES string of the molecule is O=C1c2cccc([N+](=O)[O-])c2C(=O)N1CCCCCl. The molecule has 0 saturated heterocycles. The first kappa shape index (κ1) is 13.5. The van der Waals surface area contributed by atoms with Gasteiger partial charge in [-0.25, -0.2) is 0 Å². The van der Waals surface area contributed by atoms with E-state index in [4.69, 9.17) is 11.6 Å². The molecule has 0 atom stereocenters. The Balaban J connectivity index is 2.33. The average molecular weight is 283 g/mol. The van der Waals surface area contributed by atoms with E-state index in [1.54, 1.807) is 0 Å². The number of alkyl halides is 1. The van der Waals surface area contributed by atoms with Crippen molar-refractivity contribution in [1.29, 1.82) is 0 Å². The van der Waals surface area contributed by atoms with Gasteiger partial charge in [0, 0.05) is 18.5 Å². The summed E-state index contributed by atoms with van der Waals surface area (Å²) < 4.78 is 0. The molecule has 1 aliphatic rings. The van der Waals surface area contributed by atoms with Gasteiger partial charge in [0.05, 0.1) is 10.5 Å². The van der Waals surface area contributed by atoms with Crippen LogP contribution in [0.5, 0.6) is 0 Å². The van der Waals surface area contributed by atoms with E-state index in [-0.39, 0.29) is 23.4 Å². The number of imide groups is 1. The molecule has 0 N–H and O–H groups in total. The predicted molar refractivity (Wildman–Crippen MR) is 68.4 cm³/mol. The van der Waals surface area contributed by atoms with Gasteiger partial charge in [-0.3, -0.25) is 24.6 Å². The maximum atomic E-state index is 12.1. The molecule has 0 fully saturated rings. The van der Waals surface area contributed by atoms with Crippen LogP contribution in [0, 0.1) is 10.1 Å². The van der Waals surface area contributed by atoms with Crippen molar-refractivity contribution in [3.8, 4) is 0 Å². The molecule has 0 aromatic heterocycles. The minimum atomic E-state index is -0.647. The standard InChI is InChI=1S/C12H11ClN2O4/c13-6-1-2-7-14-11(16)8-4-3-5-9(15(18)19)10(8)12(14)17/h3-5H,1-2,6-7H2. The molecule has 0 aliphatic carbocycles. The molecule has 2 rings (SSSR count). The van der Waals surface area contributed by atoms with Gasteiger partial charge in [-0.05, 0) is 18.9 Å². The lowest BCUT2D eigenvalue weighted by atomic mass is 10.1. The smallest absolute Gasteiger partial charge is 0.274 e. The third-order valence-corrected chi connectivity index (χ3v) is 3.21. The first-order valence-electron chi connectivity index (χ1n) is 5.77. The number of fused-ring (bicyclic) bond motifs is 1. The van der Waals surface area contributed by atoms with Crippen molar-refractivity contribution in [2.45, 2.75) is 12.8 Å². The molecule has 1 aromatic carbocycles. The fourth-order valence-corrected chi connectivity index (χ4v) is 2.22. The maximum absolute atomic E-state index is 12.1. The molecule has 0 radical (unpaired) electrons. The molecular formula is C12H11ClN2O4. The van der Waals surface area contributed by atoms with E-state index in [0.717, 1.165) is 4.90 Å². The first-order valence-corrected chi connectivity index (χ1v) is 6.31. The van der Waals surface area contributed by atoms with Crippen LogP contribution >= 0.6 is 11.6 Å². The molecule has 1 aliphatic heterocycles. The quantitative estimate of drug-likeness (QED) is 0.273. The Bertz CT molecular complexity index is 559. The number of rotatable bonds is 5. The monoisotopic (exact) mass is 282 g/mol. The number of hydrogen-bond acceptors (Lipinski definition) is 4. The number of hydrogen-bond donors (Lipinski definition) is 0. The zero-order valence-electron chi connectivity index (χ0n) is 9.97. The minimum absolute atomic E-state index is 0.102. The van der Waals surface area contributed by atoms with Crippen molar-refractivity contribution >= 4 is 29.1 Å². The number of nitro groups is 1. The number of nitro benzene ring substituents is 1. The van der Waals surface area contributed by atoms with Crippen molar-refractivity contribution in [3.05, 3.63) is 39.4 Å². The van der Waals surface area contributed by atoms with Crippen LogP contribution in [0.2, 0.25) is 0 Å². The van der Waals surface area contributed by atoms with Gasteiger partial charge in [-0.15, -0.1) is 11.6 Å². The van der Waals surface area contributed by atoms with Gasteiger partial charge < -0.3 is 0 Å². The molecule has 1 aromatic rings. The van der Waals surface area contributed by atoms with E-state index in [9.17, 15) is 19.7 Å². The van der Waals surface area contributed by atoms with Gasteiger partial charge in [0.1, 0.15) is 5.56 Å². The summed E-state index contributed by atoms with van der Waals surface area (Å²) in [7, 11) is 0. The molecule has 2 amide bonds. The summed E-state index contributed by atoms with van der Waals surface area (Å²) in [6, 6.07) is 4.07. The molecule has 6 nitrogen and oxygen atoms in total. The van der Waals surface area contributed by atoms with Crippen molar-refractivity contribution in [1.82, 2.24) is 4.90 Å². The van der Waals surface area contributed by atoms with Gasteiger partial charge in [0.2, 0.25) is 0 Å². The second-order valence-corrected chi connectivity index (χ2v) is 4.49. The number of carbonyl (C=O) groups excluding carboxylic acids is 2. The summed E-state index contributed by atoms with van der Waals surface area (Å²) in [4.78, 5) is 35.4. The van der Waals surface area contributed by atoms with Crippen LogP contribution in [0.4, 0.5) is 5.69 Å². The molecular weight excluding hydrogens is 272 g/mol. The predicted octanol–water partition coefficient (Wildman–Crippen LogP) is 2.21. The second-order valence-electron chi connectivity index (χ2n) is 4.11. The normalized spacial score (nSPS) is 13.8. The van der Waals surface area contributed by atoms with Crippen molar-refractivity contribution in [2.24, 2.45) is 0 Å². The zero-order chi connectivity index (χ0) is 14.0. The molecule has 19 heavy (non-hydrogen) atoms. The van der Waals surface area contributed by atoms with Crippen LogP contribution in [0.1, 0.15) is 33.6 Å². The maximum Gasteiger partial charge on any atom is 0.282 e. The highest BCUT2D eigenvalue weighted by Gasteiger charge is 2.40. The Morgan fingerprint density at radius 1 is 1.21 bits per heavy atom. The number of nitrogens with zero attached hydrogens (tertiary/aromatic N) is 2. The van der Waals surface area contributed by atoms with Crippen molar-refractivity contribution in [3.63, 3.8) is 0 Å². The lowest BCUT2D eigenvalue weighted by molar-refractivity contribution is -0.385. The molecule has 0 unspecified atom stereocenters. The molecule has 1 heterocycles. The number of unbranched alkanes of at least 4 members (excludes halogenated alkanes) is 1. The summed E-state index contributed by atoms with van der Waals surface area (Å²) in [5.41, 5.74) is -0.329. The average Bonchev–Trinajstić information content (AvgIpc) is 2.64. The Kier molecular flexibility index (Phi) is 3.80. The number of halogens is 1. The highest BCUT2D eigenvalue weighted by molar-refractivity contribution is 6.23. The third-order valence-electron chi connectivity index (χ3n) is 2.94. The lowest BCUT2D eigenvalue weighted by Crippen LogP contribution is -2.30. The lowest BCUT2D eigenvalue weighted by Gasteiger charge is -2.12. The Morgan fingerprint density at radius 2 is 1.95 bits per heavy atom. The van der Waals surface area contributed by atoms with Gasteiger partial charge >= 0.3 is 0 Å². The van der Waals surface area contributed by atoms with E-state index in [1.165, 1.54) is 18.2 Å². The van der Waals surface area contributed by atoms with E-state index in [0.29, 0.717) is 18.7 Å². The van der Waals surface area contributed by atoms with Crippen LogP contribution < -0.4 is 0 Å². The van der Waals surface area contributed by atoms with E-state index < -0.39 is 16.7 Å². The zero-order valence-corrected chi connectivity index (χ0v) is 10.7. The number of carbonyl (C=O) groups is 2. The molecule has 0 saturated carbocycles. The Morgan fingerprint density at radius 3 is 2.58 bits per heavy atom. The summed E-state index contributed by atoms with van der Waals surface area (Å²) in [6.07, 6.45) is 1.26. The van der Waals surface area contributed by atoms with Crippen LogP contribution in [0.15, 0.2) is 18.2 Å². The molecule has 7 heteroatoms. The van der Waals surface area contributed by atoms with E-state index in [1.807, 2.05) is 0 Å². The van der Waals surface area contributed by atoms with E-state index in [2.05, 4.69) is 0 Å². The van der Waals surface area contributed by atoms with Crippen molar-refractivity contribution in [2.75, 3.05) is 12.4 Å². The highest BCUT2D eigenvalue weighted by Crippen LogP contribution is 2.30. The van der Waals surface area contributed by atoms with E-state index >= 15 is 0 Å². The fraction of sp³-hybridized carbons (Fsp3) is 0.333. The summed E-state index contributed by atoms with van der Waals surface area (Å²) in [6.45, 7) is 0.232. The third kappa shape index (κ3) is 2.31. The number of amides is 2. The van der Waals surface area contributed by atoms with Gasteiger partial charge in [0.25, 0.3) is 17.5 Å². The van der Waals surface area contributed by atoms with Gasteiger partial charge in [-0.1, -0.05) is 6.07 Å². The van der Waals surface area contributed by atoms with Crippen LogP contribution in [0.3, 0.4) is 0 Å². The Hall–Kier alpha value is -1.95. The summed E-state index contributed by atoms with van der Waals surface area (Å²) >= 11 is 5.54. The Labute approximate surface area is 114 Å². The largest absolute Gasteiger partial charge is 0.282 e. The fourth-order valence-electron chi connectivity index (χ4n) is 2.04. The van der Waals surface area contributed by atoms with Crippen LogP contribution in [0.25, 0.3) is 0 Å². The summed E-state index contributed by atoms with van der Waals surface area (Å²) in [5.74, 6) is -0.622. The molecule has 0 bridgehead atoms. The van der Waals surface area contributed by atoms with Crippen LogP contribution in [-0.4, -0.2) is 34.1 Å². The highest BCUT2D eigenvalue weighted by atomic mass is 35.5. The van der Waals surface area contributed by atoms with Gasteiger partial charge in [0.15, 0.2) is 0 Å². The summed E-state index contributed by atoms with van der Waals surface area (Å²) in [5, 5.41) is 10.9. The van der Waals surface area contributed by atoms with Crippen molar-refractivity contribution < 1.29 is 14.5 Å². The molecule has 100 valence electrons. The van der Waals surface area contributed by atoms with Crippen LogP contribution in [-0.2, 0) is 0 Å². The second kappa shape index (κ2) is 5.36. The topological polar surface area (TPSA) is 80.5 Å². The number of benzene rings is 1.